The molecule has 1 heterocycles. The lowest BCUT2D eigenvalue weighted by Gasteiger charge is -2.35. The number of hydrogen-bond donors (Lipinski definition) is 6. The van der Waals surface area contributed by atoms with Crippen LogP contribution in [0.5, 0.6) is 0 Å². The van der Waals surface area contributed by atoms with Crippen LogP contribution in [0.15, 0.2) is 4.99 Å². The van der Waals surface area contributed by atoms with E-state index in [0.29, 0.717) is 31.7 Å². The maximum atomic E-state index is 12.3. The van der Waals surface area contributed by atoms with E-state index in [1.54, 1.807) is 6.92 Å². The number of aromatic nitrogens is 2. The molecule has 0 aliphatic rings. The Bertz CT molecular complexity index is 851. The highest BCUT2D eigenvalue weighted by Crippen LogP contribution is 2.39. The minimum atomic E-state index is -0.582. The fourth-order valence-corrected chi connectivity index (χ4v) is 3.91. The molecule has 1 aromatic heterocycles. The number of amides is 2. The van der Waals surface area contributed by atoms with E-state index in [1.807, 2.05) is 0 Å². The van der Waals surface area contributed by atoms with Gasteiger partial charge in [0.25, 0.3) is 5.91 Å². The third kappa shape index (κ3) is 10.5. The summed E-state index contributed by atoms with van der Waals surface area (Å²) in [6, 6.07) is 0. The van der Waals surface area contributed by atoms with Gasteiger partial charge in [0.05, 0.1) is 5.69 Å². The van der Waals surface area contributed by atoms with Crippen molar-refractivity contribution in [1.82, 2.24) is 20.6 Å². The van der Waals surface area contributed by atoms with Gasteiger partial charge in [-0.1, -0.05) is 27.7 Å². The monoisotopic (exact) mass is 463 g/mol. The van der Waals surface area contributed by atoms with E-state index < -0.39 is 5.91 Å². The minimum absolute atomic E-state index is 0.00249. The quantitative estimate of drug-likeness (QED) is 0.150. The second-order valence-corrected chi connectivity index (χ2v) is 9.90. The van der Waals surface area contributed by atoms with E-state index in [-0.39, 0.29) is 40.0 Å². The minimum Gasteiger partial charge on any atom is -0.382 e. The third-order valence-corrected chi connectivity index (χ3v) is 5.34. The Labute approximate surface area is 196 Å². The SMILES string of the molecule is Cc1nc(C(=O)NC(N)=NCCCC(C)(C)CC(C)(C)CCC(=O)NCCN)c(N)nc1N. The van der Waals surface area contributed by atoms with Gasteiger partial charge in [-0.15, -0.1) is 0 Å². The Morgan fingerprint density at radius 3 is 2.30 bits per heavy atom. The van der Waals surface area contributed by atoms with Gasteiger partial charge < -0.3 is 28.3 Å². The van der Waals surface area contributed by atoms with Crippen molar-refractivity contribution >= 4 is 29.4 Å². The van der Waals surface area contributed by atoms with E-state index in [2.05, 4.69) is 53.3 Å². The number of aryl methyl sites for hydroxylation is 1. The molecular formula is C22H41N9O2. The second-order valence-electron chi connectivity index (χ2n) is 9.90. The van der Waals surface area contributed by atoms with Gasteiger partial charge in [0.1, 0.15) is 5.82 Å². The summed E-state index contributed by atoms with van der Waals surface area (Å²) in [4.78, 5) is 36.4. The Balaban J connectivity index is 2.49. The van der Waals surface area contributed by atoms with Crippen LogP contribution in [0, 0.1) is 17.8 Å². The van der Waals surface area contributed by atoms with Crippen LogP contribution < -0.4 is 33.6 Å². The van der Waals surface area contributed by atoms with Crippen molar-refractivity contribution in [3.05, 3.63) is 11.4 Å². The molecule has 11 heteroatoms. The Morgan fingerprint density at radius 1 is 1.03 bits per heavy atom. The zero-order chi connectivity index (χ0) is 25.2. The molecule has 33 heavy (non-hydrogen) atoms. The average molecular weight is 464 g/mol. The van der Waals surface area contributed by atoms with Gasteiger partial charge in [-0.3, -0.25) is 19.9 Å². The second kappa shape index (κ2) is 12.3. The van der Waals surface area contributed by atoms with Crippen LogP contribution in [-0.4, -0.2) is 47.4 Å². The van der Waals surface area contributed by atoms with Crippen LogP contribution >= 0.6 is 0 Å². The largest absolute Gasteiger partial charge is 0.382 e. The lowest BCUT2D eigenvalue weighted by molar-refractivity contribution is -0.121. The number of nitrogens with two attached hydrogens (primary N) is 4. The third-order valence-electron chi connectivity index (χ3n) is 5.34. The maximum Gasteiger partial charge on any atom is 0.280 e. The molecule has 11 nitrogen and oxygen atoms in total. The summed E-state index contributed by atoms with van der Waals surface area (Å²) in [6.45, 7) is 11.9. The lowest BCUT2D eigenvalue weighted by Crippen LogP contribution is -2.38. The zero-order valence-corrected chi connectivity index (χ0v) is 20.6. The van der Waals surface area contributed by atoms with Crippen LogP contribution in [0.4, 0.5) is 11.6 Å². The molecule has 0 aliphatic carbocycles. The maximum absolute atomic E-state index is 12.3. The van der Waals surface area contributed by atoms with Gasteiger partial charge >= 0.3 is 0 Å². The molecule has 0 spiro atoms. The van der Waals surface area contributed by atoms with Crippen LogP contribution in [-0.2, 0) is 4.79 Å². The highest BCUT2D eigenvalue weighted by atomic mass is 16.2. The average Bonchev–Trinajstić information content (AvgIpc) is 2.70. The predicted octanol–water partition coefficient (Wildman–Crippen LogP) is 1.07. The number of nitrogen functional groups attached to an aromatic ring is 2. The fourth-order valence-electron chi connectivity index (χ4n) is 3.91. The molecule has 0 fully saturated rings. The van der Waals surface area contributed by atoms with Gasteiger partial charge in [-0.05, 0) is 43.4 Å². The van der Waals surface area contributed by atoms with Gasteiger partial charge in [0.2, 0.25) is 5.91 Å². The summed E-state index contributed by atoms with van der Waals surface area (Å²) in [5, 5.41) is 5.29. The Hall–Kier alpha value is -2.95. The predicted molar refractivity (Wildman–Crippen MR) is 132 cm³/mol. The van der Waals surface area contributed by atoms with Crippen LogP contribution in [0.2, 0.25) is 0 Å². The van der Waals surface area contributed by atoms with Crippen LogP contribution in [0.3, 0.4) is 0 Å². The molecule has 2 amide bonds. The molecule has 0 saturated carbocycles. The normalized spacial score (nSPS) is 12.5. The first-order valence-electron chi connectivity index (χ1n) is 11.2. The standard InChI is InChI=1S/C22H41N9O2/c1-14-17(24)30-18(25)16(29-14)19(33)31-20(26)28-11-6-8-21(2,3)13-22(4,5)9-7-15(32)27-12-10-23/h6-13,23H2,1-5H3,(H,27,32)(H4,24,25,30)(H3,26,28,31,33). The molecule has 0 bridgehead atoms. The fraction of sp³-hybridized carbons (Fsp3) is 0.682. The molecule has 0 atom stereocenters. The number of hydrogen-bond acceptors (Lipinski definition) is 8. The summed E-state index contributed by atoms with van der Waals surface area (Å²) >= 11 is 0. The number of aliphatic imine (C=N–C) groups is 1. The summed E-state index contributed by atoms with van der Waals surface area (Å²) in [5.74, 6) is -0.435. The van der Waals surface area contributed by atoms with Crippen molar-refractivity contribution in [2.45, 2.75) is 66.7 Å². The van der Waals surface area contributed by atoms with Crippen LogP contribution in [0.1, 0.15) is 76.0 Å². The zero-order valence-electron chi connectivity index (χ0n) is 20.6. The number of guanidine groups is 1. The van der Waals surface area contributed by atoms with Gasteiger partial charge in [-0.25, -0.2) is 9.97 Å². The van der Waals surface area contributed by atoms with Crippen LogP contribution in [0.25, 0.3) is 0 Å². The molecule has 0 saturated heterocycles. The smallest absolute Gasteiger partial charge is 0.280 e. The van der Waals surface area contributed by atoms with E-state index in [9.17, 15) is 9.59 Å². The summed E-state index contributed by atoms with van der Waals surface area (Å²) in [5.41, 5.74) is 23.1. The van der Waals surface area contributed by atoms with Gasteiger partial charge in [0.15, 0.2) is 17.5 Å². The Kier molecular flexibility index (Phi) is 10.5. The Morgan fingerprint density at radius 2 is 1.67 bits per heavy atom. The first-order valence-corrected chi connectivity index (χ1v) is 11.2. The number of nitrogens with zero attached hydrogens (tertiary/aromatic N) is 3. The van der Waals surface area contributed by atoms with E-state index >= 15 is 0 Å². The molecular weight excluding hydrogens is 422 g/mol. The molecule has 10 N–H and O–H groups in total. The van der Waals surface area contributed by atoms with E-state index in [4.69, 9.17) is 22.9 Å². The summed E-state index contributed by atoms with van der Waals surface area (Å²) in [6.07, 6.45) is 4.00. The first-order chi connectivity index (χ1) is 15.3. The van der Waals surface area contributed by atoms with Crippen molar-refractivity contribution in [3.8, 4) is 0 Å². The number of carbonyl (C=O) groups is 2. The lowest BCUT2D eigenvalue weighted by atomic mass is 9.71. The van der Waals surface area contributed by atoms with Crippen molar-refractivity contribution in [1.29, 1.82) is 0 Å². The van der Waals surface area contributed by atoms with Crippen molar-refractivity contribution in [2.75, 3.05) is 31.1 Å². The van der Waals surface area contributed by atoms with Gasteiger partial charge in [0, 0.05) is 26.1 Å². The molecule has 0 radical (unpaired) electrons. The molecule has 0 aromatic carbocycles. The molecule has 186 valence electrons. The summed E-state index contributed by atoms with van der Waals surface area (Å²) < 4.78 is 0. The molecule has 1 aromatic rings. The first kappa shape index (κ1) is 28.1. The van der Waals surface area contributed by atoms with E-state index in [0.717, 1.165) is 25.7 Å². The molecule has 1 rings (SSSR count). The van der Waals surface area contributed by atoms with E-state index in [1.165, 1.54) is 0 Å². The topological polar surface area (TPSA) is 200 Å². The number of rotatable bonds is 12. The molecule has 0 aliphatic heterocycles. The van der Waals surface area contributed by atoms with Gasteiger partial charge in [-0.2, -0.15) is 0 Å². The van der Waals surface area contributed by atoms with Crippen molar-refractivity contribution in [2.24, 2.45) is 27.3 Å². The summed E-state index contributed by atoms with van der Waals surface area (Å²) in [7, 11) is 0. The number of nitrogens with one attached hydrogen (secondary N) is 2. The number of anilines is 2. The van der Waals surface area contributed by atoms with Crippen molar-refractivity contribution < 1.29 is 9.59 Å². The highest BCUT2D eigenvalue weighted by Gasteiger charge is 2.29. The van der Waals surface area contributed by atoms with Crippen molar-refractivity contribution in [3.63, 3.8) is 0 Å². The number of carbonyl (C=O) groups excluding carboxylic acids is 2. The highest BCUT2D eigenvalue weighted by molar-refractivity contribution is 6.06. The molecule has 0 unspecified atom stereocenters.